The van der Waals surface area contributed by atoms with Gasteiger partial charge in [0, 0.05) is 31.9 Å². The van der Waals surface area contributed by atoms with Gasteiger partial charge in [-0.3, -0.25) is 9.78 Å². The fourth-order valence-corrected chi connectivity index (χ4v) is 2.33. The van der Waals surface area contributed by atoms with Crippen molar-refractivity contribution in [2.24, 2.45) is 4.99 Å². The molecule has 3 N–H and O–H groups in total. The van der Waals surface area contributed by atoms with Crippen LogP contribution in [0.3, 0.4) is 0 Å². The molecule has 0 atom stereocenters. The predicted octanol–water partition coefficient (Wildman–Crippen LogP) is 1.74. The molecule has 0 aliphatic heterocycles. The minimum atomic E-state index is -0.0694. The second kappa shape index (κ2) is 10.1. The first kappa shape index (κ1) is 18.4. The Hall–Kier alpha value is -2.89. The van der Waals surface area contributed by atoms with Crippen molar-refractivity contribution in [3.8, 4) is 0 Å². The van der Waals surface area contributed by atoms with Crippen LogP contribution in [0.2, 0.25) is 0 Å². The zero-order chi connectivity index (χ0) is 17.9. The van der Waals surface area contributed by atoms with E-state index < -0.39 is 0 Å². The number of amides is 1. The third-order valence-corrected chi connectivity index (χ3v) is 3.59. The minimum absolute atomic E-state index is 0.0694. The fourth-order valence-electron chi connectivity index (χ4n) is 2.33. The van der Waals surface area contributed by atoms with Crippen LogP contribution in [0.25, 0.3) is 0 Å². The number of rotatable bonds is 7. The molecule has 1 amide bonds. The molecule has 0 aliphatic carbocycles. The van der Waals surface area contributed by atoms with Crippen LogP contribution >= 0.6 is 0 Å². The first-order valence-corrected chi connectivity index (χ1v) is 8.46. The van der Waals surface area contributed by atoms with Crippen LogP contribution < -0.4 is 16.0 Å². The van der Waals surface area contributed by atoms with Gasteiger partial charge in [-0.2, -0.15) is 0 Å². The van der Waals surface area contributed by atoms with E-state index in [-0.39, 0.29) is 5.91 Å². The molecule has 0 fully saturated rings. The lowest BCUT2D eigenvalue weighted by atomic mass is 10.1. The molecular weight excluding hydrogens is 314 g/mol. The van der Waals surface area contributed by atoms with Crippen LogP contribution in [-0.2, 0) is 13.0 Å². The molecule has 0 unspecified atom stereocenters. The highest BCUT2D eigenvalue weighted by atomic mass is 16.1. The highest BCUT2D eigenvalue weighted by Crippen LogP contribution is 2.05. The number of carbonyl (C=O) groups is 1. The maximum Gasteiger partial charge on any atom is 0.251 e. The monoisotopic (exact) mass is 339 g/mol. The van der Waals surface area contributed by atoms with E-state index in [0.717, 1.165) is 36.7 Å². The summed E-state index contributed by atoms with van der Waals surface area (Å²) in [5.41, 5.74) is 2.71. The van der Waals surface area contributed by atoms with Gasteiger partial charge in [-0.25, -0.2) is 4.99 Å². The Labute approximate surface area is 148 Å². The molecule has 0 saturated carbocycles. The number of benzene rings is 1. The summed E-state index contributed by atoms with van der Waals surface area (Å²) in [6, 6.07) is 13.5. The van der Waals surface area contributed by atoms with Gasteiger partial charge in [0.05, 0.1) is 12.2 Å². The van der Waals surface area contributed by atoms with Crippen LogP contribution in [0.1, 0.15) is 28.5 Å². The molecule has 1 heterocycles. The minimum Gasteiger partial charge on any atom is -0.357 e. The molecule has 132 valence electrons. The molecule has 0 aliphatic rings. The highest BCUT2D eigenvalue weighted by Gasteiger charge is 2.04. The van der Waals surface area contributed by atoms with Crippen LogP contribution in [0.4, 0.5) is 0 Å². The summed E-state index contributed by atoms with van der Waals surface area (Å²) in [6.45, 7) is 4.08. The normalized spacial score (nSPS) is 11.0. The van der Waals surface area contributed by atoms with Gasteiger partial charge in [-0.1, -0.05) is 18.2 Å². The first-order valence-electron chi connectivity index (χ1n) is 8.46. The molecule has 1 aromatic heterocycles. The zero-order valence-electron chi connectivity index (χ0n) is 14.7. The number of nitrogens with one attached hydrogen (secondary N) is 3. The molecule has 0 radical (unpaired) electrons. The van der Waals surface area contributed by atoms with Crippen LogP contribution in [0, 0.1) is 0 Å². The first-order chi connectivity index (χ1) is 12.2. The standard InChI is InChI=1S/C19H25N5O/c1-3-21-19(24-14-17-9-4-5-11-22-17)23-12-10-15-7-6-8-16(13-15)18(25)20-2/h4-9,11,13H,3,10,12,14H2,1-2H3,(H,20,25)(H2,21,23,24). The van der Waals surface area contributed by atoms with Crippen molar-refractivity contribution in [2.75, 3.05) is 20.1 Å². The van der Waals surface area contributed by atoms with Crippen molar-refractivity contribution < 1.29 is 4.79 Å². The van der Waals surface area contributed by atoms with Gasteiger partial charge in [0.1, 0.15) is 0 Å². The molecule has 6 heteroatoms. The van der Waals surface area contributed by atoms with Gasteiger partial charge in [0.25, 0.3) is 5.91 Å². The van der Waals surface area contributed by atoms with Crippen molar-refractivity contribution in [1.82, 2.24) is 20.9 Å². The number of aliphatic imine (C=N–C) groups is 1. The molecule has 25 heavy (non-hydrogen) atoms. The Kier molecular flexibility index (Phi) is 7.43. The molecule has 2 aromatic rings. The maximum atomic E-state index is 11.7. The van der Waals surface area contributed by atoms with Gasteiger partial charge < -0.3 is 16.0 Å². The SMILES string of the molecule is CCNC(=NCc1ccccn1)NCCc1cccc(C(=O)NC)c1. The van der Waals surface area contributed by atoms with E-state index in [1.165, 1.54) is 0 Å². The summed E-state index contributed by atoms with van der Waals surface area (Å²) < 4.78 is 0. The summed E-state index contributed by atoms with van der Waals surface area (Å²) in [4.78, 5) is 20.5. The molecule has 0 spiro atoms. The van der Waals surface area contributed by atoms with Crippen molar-refractivity contribution in [3.05, 3.63) is 65.5 Å². The number of guanidine groups is 1. The number of pyridine rings is 1. The van der Waals surface area contributed by atoms with E-state index >= 15 is 0 Å². The van der Waals surface area contributed by atoms with E-state index in [1.807, 2.05) is 49.4 Å². The summed E-state index contributed by atoms with van der Waals surface area (Å²) in [7, 11) is 1.64. The number of hydrogen-bond donors (Lipinski definition) is 3. The van der Waals surface area contributed by atoms with Crippen molar-refractivity contribution >= 4 is 11.9 Å². The predicted molar refractivity (Wildman–Crippen MR) is 101 cm³/mol. The average molecular weight is 339 g/mol. The van der Waals surface area contributed by atoms with E-state index in [0.29, 0.717) is 12.1 Å². The molecule has 0 saturated heterocycles. The summed E-state index contributed by atoms with van der Waals surface area (Å²) in [5, 5.41) is 9.18. The summed E-state index contributed by atoms with van der Waals surface area (Å²) in [5.74, 6) is 0.690. The average Bonchev–Trinajstić information content (AvgIpc) is 2.66. The quantitative estimate of drug-likeness (QED) is 0.530. The molecule has 1 aromatic carbocycles. The number of aromatic nitrogens is 1. The Balaban J connectivity index is 1.89. The number of hydrogen-bond acceptors (Lipinski definition) is 3. The lowest BCUT2D eigenvalue weighted by Crippen LogP contribution is -2.38. The van der Waals surface area contributed by atoms with E-state index in [4.69, 9.17) is 0 Å². The summed E-state index contributed by atoms with van der Waals surface area (Å²) >= 11 is 0. The van der Waals surface area contributed by atoms with Crippen LogP contribution in [0.5, 0.6) is 0 Å². The smallest absolute Gasteiger partial charge is 0.251 e. The van der Waals surface area contributed by atoms with Crippen molar-refractivity contribution in [3.63, 3.8) is 0 Å². The Morgan fingerprint density at radius 1 is 1.16 bits per heavy atom. The van der Waals surface area contributed by atoms with Crippen LogP contribution in [-0.4, -0.2) is 37.0 Å². The van der Waals surface area contributed by atoms with Gasteiger partial charge in [-0.05, 0) is 43.2 Å². The Morgan fingerprint density at radius 2 is 2.04 bits per heavy atom. The van der Waals surface area contributed by atoms with E-state index in [9.17, 15) is 4.79 Å². The third kappa shape index (κ3) is 6.25. The molecular formula is C19H25N5O. The van der Waals surface area contributed by atoms with E-state index in [2.05, 4.69) is 25.9 Å². The lowest BCUT2D eigenvalue weighted by molar-refractivity contribution is 0.0963. The second-order valence-electron chi connectivity index (χ2n) is 5.47. The Morgan fingerprint density at radius 3 is 2.76 bits per heavy atom. The van der Waals surface area contributed by atoms with Gasteiger partial charge in [-0.15, -0.1) is 0 Å². The lowest BCUT2D eigenvalue weighted by Gasteiger charge is -2.11. The van der Waals surface area contributed by atoms with Gasteiger partial charge in [0.2, 0.25) is 0 Å². The van der Waals surface area contributed by atoms with E-state index in [1.54, 1.807) is 13.2 Å². The largest absolute Gasteiger partial charge is 0.357 e. The molecule has 0 bridgehead atoms. The number of nitrogens with zero attached hydrogens (tertiary/aromatic N) is 2. The number of carbonyl (C=O) groups excluding carboxylic acids is 1. The van der Waals surface area contributed by atoms with Crippen molar-refractivity contribution in [2.45, 2.75) is 19.9 Å². The summed E-state index contributed by atoms with van der Waals surface area (Å²) in [6.07, 6.45) is 2.57. The fraction of sp³-hybridized carbons (Fsp3) is 0.316. The maximum absolute atomic E-state index is 11.7. The van der Waals surface area contributed by atoms with Gasteiger partial charge >= 0.3 is 0 Å². The highest BCUT2D eigenvalue weighted by molar-refractivity contribution is 5.94. The Bertz CT molecular complexity index is 700. The zero-order valence-corrected chi connectivity index (χ0v) is 14.7. The van der Waals surface area contributed by atoms with Gasteiger partial charge in [0.15, 0.2) is 5.96 Å². The van der Waals surface area contributed by atoms with Crippen LogP contribution in [0.15, 0.2) is 53.7 Å². The molecule has 6 nitrogen and oxygen atoms in total. The molecule has 2 rings (SSSR count). The van der Waals surface area contributed by atoms with Crippen molar-refractivity contribution in [1.29, 1.82) is 0 Å². The third-order valence-electron chi connectivity index (χ3n) is 3.59. The topological polar surface area (TPSA) is 78.4 Å². The second-order valence-corrected chi connectivity index (χ2v) is 5.47.